The summed E-state index contributed by atoms with van der Waals surface area (Å²) in [6, 6.07) is 4.24. The van der Waals surface area contributed by atoms with Gasteiger partial charge in [-0.25, -0.2) is 13.2 Å². The molecule has 1 aliphatic carbocycles. The summed E-state index contributed by atoms with van der Waals surface area (Å²) in [5.74, 6) is -1.12. The molecule has 0 aromatic heterocycles. The minimum Gasteiger partial charge on any atom is -0.478 e. The van der Waals surface area contributed by atoms with Gasteiger partial charge in [0.25, 0.3) is 0 Å². The molecule has 2 unspecified atom stereocenters. The van der Waals surface area contributed by atoms with E-state index in [1.54, 1.807) is 20.1 Å². The van der Waals surface area contributed by atoms with E-state index in [9.17, 15) is 13.2 Å². The van der Waals surface area contributed by atoms with Crippen LogP contribution in [0.15, 0.2) is 23.1 Å². The van der Waals surface area contributed by atoms with Crippen LogP contribution in [0.5, 0.6) is 0 Å². The third-order valence-electron chi connectivity index (χ3n) is 4.09. The maximum Gasteiger partial charge on any atom is 0.335 e. The smallest absolute Gasteiger partial charge is 0.335 e. The van der Waals surface area contributed by atoms with Crippen molar-refractivity contribution in [3.05, 3.63) is 29.3 Å². The van der Waals surface area contributed by atoms with E-state index in [4.69, 9.17) is 9.84 Å². The van der Waals surface area contributed by atoms with Crippen molar-refractivity contribution in [3.63, 3.8) is 0 Å². The number of methoxy groups -OCH3 is 1. The van der Waals surface area contributed by atoms with Crippen LogP contribution >= 0.6 is 0 Å². The molecular formula is C15H20O5S. The van der Waals surface area contributed by atoms with Crippen molar-refractivity contribution in [2.24, 2.45) is 0 Å². The first-order chi connectivity index (χ1) is 9.86. The third-order valence-corrected chi connectivity index (χ3v) is 6.45. The molecule has 1 aromatic rings. The summed E-state index contributed by atoms with van der Waals surface area (Å²) in [6.45, 7) is 1.69. The molecule has 1 saturated carbocycles. The Labute approximate surface area is 124 Å². The molecule has 0 heterocycles. The molecule has 2 rings (SSSR count). The lowest BCUT2D eigenvalue weighted by atomic mass is 9.97. The summed E-state index contributed by atoms with van der Waals surface area (Å²) in [4.78, 5) is 11.2. The van der Waals surface area contributed by atoms with Crippen molar-refractivity contribution in [2.45, 2.75) is 48.9 Å². The van der Waals surface area contributed by atoms with Crippen LogP contribution in [0.4, 0.5) is 0 Å². The van der Waals surface area contributed by atoms with Gasteiger partial charge in [0.2, 0.25) is 0 Å². The molecule has 1 aliphatic rings. The van der Waals surface area contributed by atoms with Crippen LogP contribution in [0.2, 0.25) is 0 Å². The second kappa shape index (κ2) is 6.15. The first kappa shape index (κ1) is 16.0. The van der Waals surface area contributed by atoms with Crippen molar-refractivity contribution in [1.29, 1.82) is 0 Å². The Balaban J connectivity index is 2.39. The van der Waals surface area contributed by atoms with Crippen LogP contribution in [0.3, 0.4) is 0 Å². The number of carbonyl (C=O) groups is 1. The predicted molar refractivity (Wildman–Crippen MR) is 78.4 cm³/mol. The molecule has 0 spiro atoms. The molecular weight excluding hydrogens is 292 g/mol. The van der Waals surface area contributed by atoms with E-state index in [2.05, 4.69) is 0 Å². The number of aryl methyl sites for hydroxylation is 1. The van der Waals surface area contributed by atoms with Crippen LogP contribution < -0.4 is 0 Å². The van der Waals surface area contributed by atoms with Gasteiger partial charge in [-0.05, 0) is 50.3 Å². The maximum absolute atomic E-state index is 12.8. The average molecular weight is 312 g/mol. The van der Waals surface area contributed by atoms with Gasteiger partial charge in [0.05, 0.1) is 21.8 Å². The number of benzene rings is 1. The van der Waals surface area contributed by atoms with Gasteiger partial charge in [-0.2, -0.15) is 0 Å². The lowest BCUT2D eigenvalue weighted by Gasteiger charge is -2.28. The molecule has 6 heteroatoms. The van der Waals surface area contributed by atoms with Crippen molar-refractivity contribution < 1.29 is 23.1 Å². The molecule has 0 radical (unpaired) electrons. The van der Waals surface area contributed by atoms with Gasteiger partial charge in [0.1, 0.15) is 0 Å². The monoisotopic (exact) mass is 312 g/mol. The van der Waals surface area contributed by atoms with E-state index in [0.717, 1.165) is 12.8 Å². The SMILES string of the molecule is COC1CCCC(S(=O)(=O)c2cc(C(=O)O)ccc2C)C1. The van der Waals surface area contributed by atoms with E-state index in [1.165, 1.54) is 12.1 Å². The van der Waals surface area contributed by atoms with Crippen LogP contribution in [0, 0.1) is 6.92 Å². The fraction of sp³-hybridized carbons (Fsp3) is 0.533. The topological polar surface area (TPSA) is 80.7 Å². The third kappa shape index (κ3) is 3.27. The number of sulfone groups is 1. The highest BCUT2D eigenvalue weighted by atomic mass is 32.2. The van der Waals surface area contributed by atoms with Gasteiger partial charge < -0.3 is 9.84 Å². The highest BCUT2D eigenvalue weighted by Crippen LogP contribution is 2.31. The molecule has 116 valence electrons. The molecule has 21 heavy (non-hydrogen) atoms. The highest BCUT2D eigenvalue weighted by molar-refractivity contribution is 7.92. The Bertz CT molecular complexity index is 635. The standard InChI is InChI=1S/C15H20O5S/c1-10-6-7-11(15(16)17)8-14(10)21(18,19)13-5-3-4-12(9-13)20-2/h6-8,12-13H,3-5,9H2,1-2H3,(H,16,17). The van der Waals surface area contributed by atoms with Crippen LogP contribution in [-0.2, 0) is 14.6 Å². The Morgan fingerprint density at radius 1 is 1.33 bits per heavy atom. The molecule has 5 nitrogen and oxygen atoms in total. The normalized spacial score (nSPS) is 23.0. The second-order valence-electron chi connectivity index (χ2n) is 5.48. The number of aromatic carboxylic acids is 1. The van der Waals surface area contributed by atoms with Gasteiger partial charge >= 0.3 is 5.97 Å². The fourth-order valence-corrected chi connectivity index (χ4v) is 4.93. The summed E-state index contributed by atoms with van der Waals surface area (Å²) in [6.07, 6.45) is 2.70. The van der Waals surface area contributed by atoms with Crippen molar-refractivity contribution in [1.82, 2.24) is 0 Å². The van der Waals surface area contributed by atoms with Crippen molar-refractivity contribution >= 4 is 15.8 Å². The Morgan fingerprint density at radius 3 is 2.67 bits per heavy atom. The summed E-state index contributed by atoms with van der Waals surface area (Å²) in [5, 5.41) is 8.54. The zero-order valence-electron chi connectivity index (χ0n) is 12.2. The van der Waals surface area contributed by atoms with E-state index in [1.807, 2.05) is 0 Å². The quantitative estimate of drug-likeness (QED) is 0.923. The molecule has 0 amide bonds. The predicted octanol–water partition coefficient (Wildman–Crippen LogP) is 2.42. The first-order valence-electron chi connectivity index (χ1n) is 6.97. The van der Waals surface area contributed by atoms with Gasteiger partial charge in [-0.3, -0.25) is 0 Å². The Kier molecular flexibility index (Phi) is 4.68. The highest BCUT2D eigenvalue weighted by Gasteiger charge is 2.34. The Morgan fingerprint density at radius 2 is 2.05 bits per heavy atom. The van der Waals surface area contributed by atoms with E-state index < -0.39 is 21.1 Å². The Hall–Kier alpha value is -1.40. The van der Waals surface area contributed by atoms with E-state index in [-0.39, 0.29) is 16.6 Å². The average Bonchev–Trinajstić information content (AvgIpc) is 2.47. The summed E-state index contributed by atoms with van der Waals surface area (Å²) in [5.41, 5.74) is 0.581. The number of carboxylic acid groups (broad SMARTS) is 1. The first-order valence-corrected chi connectivity index (χ1v) is 8.51. The zero-order chi connectivity index (χ0) is 15.6. The van der Waals surface area contributed by atoms with Gasteiger partial charge in [-0.15, -0.1) is 0 Å². The minimum atomic E-state index is -3.54. The van der Waals surface area contributed by atoms with Crippen LogP contribution in [0.25, 0.3) is 0 Å². The molecule has 1 fully saturated rings. The number of rotatable bonds is 4. The number of hydrogen-bond donors (Lipinski definition) is 1. The number of carboxylic acids is 1. The van der Waals surface area contributed by atoms with Crippen molar-refractivity contribution in [2.75, 3.05) is 7.11 Å². The minimum absolute atomic E-state index is 0.00160. The van der Waals surface area contributed by atoms with Gasteiger partial charge in [0.15, 0.2) is 9.84 Å². The van der Waals surface area contributed by atoms with Gasteiger partial charge in [0, 0.05) is 7.11 Å². The number of ether oxygens (including phenoxy) is 1. The van der Waals surface area contributed by atoms with Crippen LogP contribution in [-0.4, -0.2) is 38.0 Å². The molecule has 0 aliphatic heterocycles. The molecule has 2 atom stereocenters. The number of hydrogen-bond acceptors (Lipinski definition) is 4. The van der Waals surface area contributed by atoms with E-state index in [0.29, 0.717) is 18.4 Å². The molecule has 1 N–H and O–H groups in total. The molecule has 0 saturated heterocycles. The lowest BCUT2D eigenvalue weighted by molar-refractivity contribution is 0.0695. The summed E-state index contributed by atoms with van der Waals surface area (Å²) >= 11 is 0. The molecule has 1 aromatic carbocycles. The second-order valence-corrected chi connectivity index (χ2v) is 7.67. The lowest BCUT2D eigenvalue weighted by Crippen LogP contribution is -2.32. The fourth-order valence-electron chi connectivity index (χ4n) is 2.82. The van der Waals surface area contributed by atoms with Crippen LogP contribution in [0.1, 0.15) is 41.6 Å². The zero-order valence-corrected chi connectivity index (χ0v) is 13.0. The largest absolute Gasteiger partial charge is 0.478 e. The maximum atomic E-state index is 12.8. The van der Waals surface area contributed by atoms with Crippen molar-refractivity contribution in [3.8, 4) is 0 Å². The van der Waals surface area contributed by atoms with Gasteiger partial charge in [-0.1, -0.05) is 6.07 Å². The van der Waals surface area contributed by atoms with E-state index >= 15 is 0 Å². The molecule has 0 bridgehead atoms. The summed E-state index contributed by atoms with van der Waals surface area (Å²) < 4.78 is 30.9. The summed E-state index contributed by atoms with van der Waals surface area (Å²) in [7, 11) is -1.94.